The smallest absolute Gasteiger partial charge is 0.239 e. The maximum Gasteiger partial charge on any atom is 0.239 e. The number of aromatic nitrogens is 1. The molecule has 1 amide bonds. The number of rotatable bonds is 6. The molecular weight excluding hydrogens is 250 g/mol. The van der Waals surface area contributed by atoms with Gasteiger partial charge in [-0.2, -0.15) is 0 Å². The van der Waals surface area contributed by atoms with Gasteiger partial charge in [0.25, 0.3) is 0 Å². The van der Waals surface area contributed by atoms with Crippen LogP contribution in [0.15, 0.2) is 24.3 Å². The third-order valence-corrected chi connectivity index (χ3v) is 3.32. The molecule has 0 unspecified atom stereocenters. The topological polar surface area (TPSA) is 63.2 Å². The van der Waals surface area contributed by atoms with Crippen molar-refractivity contribution in [3.8, 4) is 0 Å². The lowest BCUT2D eigenvalue weighted by molar-refractivity contribution is -0.119. The van der Waals surface area contributed by atoms with Crippen LogP contribution in [0.1, 0.15) is 0 Å². The molecule has 2 rings (SSSR count). The lowest BCUT2D eigenvalue weighted by Crippen LogP contribution is -2.32. The Morgan fingerprint density at radius 1 is 1.44 bits per heavy atom. The van der Waals surface area contributed by atoms with Crippen LogP contribution in [0.3, 0.4) is 0 Å². The van der Waals surface area contributed by atoms with Crippen molar-refractivity contribution >= 4 is 32.6 Å². The van der Waals surface area contributed by atoms with E-state index in [2.05, 4.69) is 15.6 Å². The van der Waals surface area contributed by atoms with Gasteiger partial charge in [-0.25, -0.2) is 4.98 Å². The summed E-state index contributed by atoms with van der Waals surface area (Å²) < 4.78 is 5.96. The Balaban J connectivity index is 1.84. The van der Waals surface area contributed by atoms with Crippen LogP contribution in [-0.2, 0) is 9.53 Å². The third kappa shape index (κ3) is 3.41. The summed E-state index contributed by atoms with van der Waals surface area (Å²) in [6.07, 6.45) is 0. The molecule has 1 heterocycles. The van der Waals surface area contributed by atoms with Crippen molar-refractivity contribution in [2.24, 2.45) is 0 Å². The van der Waals surface area contributed by atoms with Gasteiger partial charge in [-0.15, -0.1) is 0 Å². The monoisotopic (exact) mass is 265 g/mol. The number of amides is 1. The van der Waals surface area contributed by atoms with E-state index in [0.717, 1.165) is 15.3 Å². The number of nitrogens with one attached hydrogen (secondary N) is 2. The highest BCUT2D eigenvalue weighted by Gasteiger charge is 2.04. The number of methoxy groups -OCH3 is 1. The molecule has 1 aromatic heterocycles. The largest absolute Gasteiger partial charge is 0.383 e. The Labute approximate surface area is 109 Å². The summed E-state index contributed by atoms with van der Waals surface area (Å²) in [6, 6.07) is 7.89. The second-order valence-corrected chi connectivity index (χ2v) is 4.71. The molecule has 96 valence electrons. The molecule has 0 spiro atoms. The Bertz CT molecular complexity index is 494. The Hall–Kier alpha value is -1.66. The van der Waals surface area contributed by atoms with Gasteiger partial charge >= 0.3 is 0 Å². The fourth-order valence-electron chi connectivity index (χ4n) is 1.46. The van der Waals surface area contributed by atoms with Crippen LogP contribution in [0.5, 0.6) is 0 Å². The van der Waals surface area contributed by atoms with Crippen LogP contribution in [0, 0.1) is 0 Å². The molecule has 5 nitrogen and oxygen atoms in total. The molecule has 0 atom stereocenters. The normalized spacial score (nSPS) is 10.5. The molecule has 0 bridgehead atoms. The highest BCUT2D eigenvalue weighted by Crippen LogP contribution is 2.24. The molecule has 1 aromatic carbocycles. The molecule has 0 aliphatic heterocycles. The van der Waals surface area contributed by atoms with Crippen molar-refractivity contribution in [1.29, 1.82) is 0 Å². The highest BCUT2D eigenvalue weighted by molar-refractivity contribution is 7.22. The Morgan fingerprint density at radius 2 is 2.28 bits per heavy atom. The van der Waals surface area contributed by atoms with Crippen molar-refractivity contribution < 1.29 is 9.53 Å². The van der Waals surface area contributed by atoms with E-state index in [1.807, 2.05) is 24.3 Å². The standard InChI is InChI=1S/C12H15N3O2S/c1-17-7-6-13-11(16)8-14-12-15-9-4-2-3-5-10(9)18-12/h2-5H,6-8H2,1H3,(H,13,16)(H,14,15). The van der Waals surface area contributed by atoms with Gasteiger partial charge in [-0.3, -0.25) is 4.79 Å². The molecule has 0 saturated carbocycles. The fraction of sp³-hybridized carbons (Fsp3) is 0.333. The van der Waals surface area contributed by atoms with Gasteiger partial charge < -0.3 is 15.4 Å². The molecule has 0 radical (unpaired) electrons. The zero-order valence-corrected chi connectivity index (χ0v) is 10.9. The van der Waals surface area contributed by atoms with Gasteiger partial charge in [0.2, 0.25) is 5.91 Å². The second kappa shape index (κ2) is 6.32. The Morgan fingerprint density at radius 3 is 3.06 bits per heavy atom. The van der Waals surface area contributed by atoms with Gasteiger partial charge in [-0.05, 0) is 12.1 Å². The molecule has 0 saturated heterocycles. The van der Waals surface area contributed by atoms with E-state index >= 15 is 0 Å². The first kappa shape index (κ1) is 12.8. The molecule has 6 heteroatoms. The maximum absolute atomic E-state index is 11.5. The van der Waals surface area contributed by atoms with E-state index in [9.17, 15) is 4.79 Å². The van der Waals surface area contributed by atoms with Crippen LogP contribution in [-0.4, -0.2) is 37.7 Å². The Kier molecular flexibility index (Phi) is 4.49. The average molecular weight is 265 g/mol. The first-order chi connectivity index (χ1) is 8.79. The zero-order valence-electron chi connectivity index (χ0n) is 10.1. The van der Waals surface area contributed by atoms with Crippen LogP contribution in [0.2, 0.25) is 0 Å². The van der Waals surface area contributed by atoms with Gasteiger partial charge in [0.05, 0.1) is 23.4 Å². The van der Waals surface area contributed by atoms with E-state index < -0.39 is 0 Å². The number of fused-ring (bicyclic) bond motifs is 1. The van der Waals surface area contributed by atoms with Crippen LogP contribution >= 0.6 is 11.3 Å². The SMILES string of the molecule is COCCNC(=O)CNc1nc2ccccc2s1. The molecule has 0 aliphatic rings. The lowest BCUT2D eigenvalue weighted by atomic mass is 10.3. The number of para-hydroxylation sites is 1. The number of carbonyl (C=O) groups excluding carboxylic acids is 1. The molecule has 0 fully saturated rings. The van der Waals surface area contributed by atoms with Crippen molar-refractivity contribution in [2.45, 2.75) is 0 Å². The van der Waals surface area contributed by atoms with Crippen molar-refractivity contribution in [1.82, 2.24) is 10.3 Å². The number of ether oxygens (including phenoxy) is 1. The summed E-state index contributed by atoms with van der Waals surface area (Å²) in [6.45, 7) is 1.27. The summed E-state index contributed by atoms with van der Waals surface area (Å²) in [4.78, 5) is 15.8. The summed E-state index contributed by atoms with van der Waals surface area (Å²) in [5.41, 5.74) is 0.949. The summed E-state index contributed by atoms with van der Waals surface area (Å²) >= 11 is 1.54. The molecule has 2 N–H and O–H groups in total. The van der Waals surface area contributed by atoms with E-state index in [1.54, 1.807) is 18.4 Å². The number of carbonyl (C=O) groups is 1. The van der Waals surface area contributed by atoms with Gasteiger partial charge in [0.15, 0.2) is 5.13 Å². The van der Waals surface area contributed by atoms with Crippen molar-refractivity contribution in [3.05, 3.63) is 24.3 Å². The number of hydrogen-bond donors (Lipinski definition) is 2. The van der Waals surface area contributed by atoms with Gasteiger partial charge in [0, 0.05) is 13.7 Å². The molecular formula is C12H15N3O2S. The minimum Gasteiger partial charge on any atom is -0.383 e. The quantitative estimate of drug-likeness (QED) is 0.776. The van der Waals surface area contributed by atoms with Gasteiger partial charge in [-0.1, -0.05) is 23.5 Å². The number of anilines is 1. The predicted molar refractivity (Wildman–Crippen MR) is 73.0 cm³/mol. The number of hydrogen-bond acceptors (Lipinski definition) is 5. The van der Waals surface area contributed by atoms with E-state index in [0.29, 0.717) is 13.2 Å². The van der Waals surface area contributed by atoms with E-state index in [-0.39, 0.29) is 12.5 Å². The van der Waals surface area contributed by atoms with Crippen LogP contribution < -0.4 is 10.6 Å². The summed E-state index contributed by atoms with van der Waals surface area (Å²) in [7, 11) is 1.60. The predicted octanol–water partition coefficient (Wildman–Crippen LogP) is 1.47. The van der Waals surface area contributed by atoms with Crippen molar-refractivity contribution in [3.63, 3.8) is 0 Å². The number of thiazole rings is 1. The van der Waals surface area contributed by atoms with E-state index in [1.165, 1.54) is 0 Å². The lowest BCUT2D eigenvalue weighted by Gasteiger charge is -2.04. The molecule has 18 heavy (non-hydrogen) atoms. The first-order valence-electron chi connectivity index (χ1n) is 5.64. The maximum atomic E-state index is 11.5. The molecule has 2 aromatic rings. The van der Waals surface area contributed by atoms with Crippen LogP contribution in [0.4, 0.5) is 5.13 Å². The fourth-order valence-corrected chi connectivity index (χ4v) is 2.32. The number of nitrogens with zero attached hydrogens (tertiary/aromatic N) is 1. The minimum atomic E-state index is -0.0636. The van der Waals surface area contributed by atoms with E-state index in [4.69, 9.17) is 4.74 Å². The number of benzene rings is 1. The van der Waals surface area contributed by atoms with Gasteiger partial charge in [0.1, 0.15) is 0 Å². The molecule has 0 aliphatic carbocycles. The summed E-state index contributed by atoms with van der Waals surface area (Å²) in [5, 5.41) is 6.52. The zero-order chi connectivity index (χ0) is 12.8. The van der Waals surface area contributed by atoms with Crippen molar-refractivity contribution in [2.75, 3.05) is 32.1 Å². The second-order valence-electron chi connectivity index (χ2n) is 3.68. The van der Waals surface area contributed by atoms with Crippen LogP contribution in [0.25, 0.3) is 10.2 Å². The minimum absolute atomic E-state index is 0.0636. The third-order valence-electron chi connectivity index (χ3n) is 2.32. The average Bonchev–Trinajstić information content (AvgIpc) is 2.79. The highest BCUT2D eigenvalue weighted by atomic mass is 32.1. The first-order valence-corrected chi connectivity index (χ1v) is 6.46. The summed E-state index contributed by atoms with van der Waals surface area (Å²) in [5.74, 6) is -0.0636.